The van der Waals surface area contributed by atoms with Crippen LogP contribution in [0.4, 0.5) is 0 Å². The first-order valence-corrected chi connectivity index (χ1v) is 6.86. The summed E-state index contributed by atoms with van der Waals surface area (Å²) < 4.78 is 0. The van der Waals surface area contributed by atoms with Gasteiger partial charge in [-0.1, -0.05) is 19.9 Å². The number of aliphatic hydroxyl groups is 1. The highest BCUT2D eigenvalue weighted by Gasteiger charge is 2.34. The molecule has 0 bridgehead atoms. The average Bonchev–Trinajstić information content (AvgIpc) is 2.32. The standard InChI is InChI=1S/C15H24N2O/c1-12(2)11-17-6-4-15(18,5-7-17)14-8-13(3)9-16-10-14/h8-10,12,18H,4-7,11H2,1-3H3. The van der Waals surface area contributed by atoms with Crippen molar-refractivity contribution in [2.24, 2.45) is 5.92 Å². The molecule has 0 radical (unpaired) electrons. The van der Waals surface area contributed by atoms with Crippen molar-refractivity contribution in [2.45, 2.75) is 39.2 Å². The quantitative estimate of drug-likeness (QED) is 0.892. The van der Waals surface area contributed by atoms with Gasteiger partial charge >= 0.3 is 0 Å². The molecule has 0 aromatic carbocycles. The maximum Gasteiger partial charge on any atom is 0.0935 e. The molecule has 0 spiro atoms. The van der Waals surface area contributed by atoms with Gasteiger partial charge in [0.2, 0.25) is 0 Å². The zero-order chi connectivity index (χ0) is 13.2. The number of hydrogen-bond donors (Lipinski definition) is 1. The lowest BCUT2D eigenvalue weighted by Crippen LogP contribution is -2.43. The summed E-state index contributed by atoms with van der Waals surface area (Å²) >= 11 is 0. The Kier molecular flexibility index (Phi) is 4.03. The van der Waals surface area contributed by atoms with Gasteiger partial charge in [0.1, 0.15) is 0 Å². The third-order valence-electron chi connectivity index (χ3n) is 3.72. The van der Waals surface area contributed by atoms with Gasteiger partial charge < -0.3 is 10.0 Å². The number of aromatic nitrogens is 1. The van der Waals surface area contributed by atoms with Crippen molar-refractivity contribution in [3.63, 3.8) is 0 Å². The molecule has 1 aliphatic rings. The van der Waals surface area contributed by atoms with Crippen molar-refractivity contribution >= 4 is 0 Å². The molecule has 0 saturated carbocycles. The number of pyridine rings is 1. The first kappa shape index (κ1) is 13.5. The van der Waals surface area contributed by atoms with Crippen molar-refractivity contribution in [3.05, 3.63) is 29.6 Å². The molecule has 2 heterocycles. The zero-order valence-electron chi connectivity index (χ0n) is 11.7. The molecule has 3 heteroatoms. The van der Waals surface area contributed by atoms with Crippen LogP contribution in [0.2, 0.25) is 0 Å². The van der Waals surface area contributed by atoms with Crippen LogP contribution in [0.1, 0.15) is 37.8 Å². The van der Waals surface area contributed by atoms with E-state index < -0.39 is 5.60 Å². The van der Waals surface area contributed by atoms with Gasteiger partial charge in [0.25, 0.3) is 0 Å². The van der Waals surface area contributed by atoms with E-state index in [-0.39, 0.29) is 0 Å². The lowest BCUT2D eigenvalue weighted by Gasteiger charge is -2.39. The fourth-order valence-corrected chi connectivity index (χ4v) is 2.72. The van der Waals surface area contributed by atoms with Crippen LogP contribution in [0, 0.1) is 12.8 Å². The van der Waals surface area contributed by atoms with E-state index in [1.54, 1.807) is 0 Å². The first-order valence-electron chi connectivity index (χ1n) is 6.86. The molecular formula is C15H24N2O. The number of aryl methyl sites for hydroxylation is 1. The van der Waals surface area contributed by atoms with Gasteiger partial charge in [-0.3, -0.25) is 4.98 Å². The molecule has 1 N–H and O–H groups in total. The maximum absolute atomic E-state index is 10.8. The number of rotatable bonds is 3. The van der Waals surface area contributed by atoms with Crippen molar-refractivity contribution in [3.8, 4) is 0 Å². The Morgan fingerprint density at radius 1 is 1.33 bits per heavy atom. The Balaban J connectivity index is 2.03. The molecule has 0 unspecified atom stereocenters. The molecule has 0 atom stereocenters. The molecule has 18 heavy (non-hydrogen) atoms. The smallest absolute Gasteiger partial charge is 0.0935 e. The molecule has 2 rings (SSSR count). The summed E-state index contributed by atoms with van der Waals surface area (Å²) in [6.07, 6.45) is 5.27. The highest BCUT2D eigenvalue weighted by atomic mass is 16.3. The summed E-state index contributed by atoms with van der Waals surface area (Å²) in [6, 6.07) is 2.06. The summed E-state index contributed by atoms with van der Waals surface area (Å²) in [5, 5.41) is 10.8. The Morgan fingerprint density at radius 2 is 2.00 bits per heavy atom. The maximum atomic E-state index is 10.8. The molecule has 1 aromatic rings. The van der Waals surface area contributed by atoms with Crippen LogP contribution in [0.3, 0.4) is 0 Å². The fourth-order valence-electron chi connectivity index (χ4n) is 2.72. The van der Waals surface area contributed by atoms with Crippen molar-refractivity contribution in [2.75, 3.05) is 19.6 Å². The summed E-state index contributed by atoms with van der Waals surface area (Å²) in [6.45, 7) is 9.58. The summed E-state index contributed by atoms with van der Waals surface area (Å²) in [4.78, 5) is 6.65. The van der Waals surface area contributed by atoms with Gasteiger partial charge in [0.05, 0.1) is 5.60 Å². The normalized spacial score (nSPS) is 20.3. The van der Waals surface area contributed by atoms with E-state index in [4.69, 9.17) is 0 Å². The third-order valence-corrected chi connectivity index (χ3v) is 3.72. The van der Waals surface area contributed by atoms with Crippen LogP contribution >= 0.6 is 0 Å². The molecule has 1 aliphatic heterocycles. The molecule has 1 saturated heterocycles. The van der Waals surface area contributed by atoms with E-state index in [1.165, 1.54) is 0 Å². The van der Waals surface area contributed by atoms with Gasteiger partial charge in [-0.15, -0.1) is 0 Å². The van der Waals surface area contributed by atoms with Gasteiger partial charge in [0, 0.05) is 37.6 Å². The van der Waals surface area contributed by atoms with E-state index >= 15 is 0 Å². The van der Waals surface area contributed by atoms with E-state index in [1.807, 2.05) is 19.3 Å². The fraction of sp³-hybridized carbons (Fsp3) is 0.667. The lowest BCUT2D eigenvalue weighted by atomic mass is 9.84. The van der Waals surface area contributed by atoms with E-state index in [0.29, 0.717) is 5.92 Å². The second-order valence-electron chi connectivity index (χ2n) is 5.98. The second-order valence-corrected chi connectivity index (χ2v) is 5.98. The van der Waals surface area contributed by atoms with Crippen molar-refractivity contribution < 1.29 is 5.11 Å². The van der Waals surface area contributed by atoms with Crippen LogP contribution in [-0.2, 0) is 5.60 Å². The first-order chi connectivity index (χ1) is 8.49. The molecule has 0 amide bonds. The van der Waals surface area contributed by atoms with Crippen LogP contribution in [0.25, 0.3) is 0 Å². The van der Waals surface area contributed by atoms with Gasteiger partial charge in [0.15, 0.2) is 0 Å². The summed E-state index contributed by atoms with van der Waals surface area (Å²) in [7, 11) is 0. The average molecular weight is 248 g/mol. The molecule has 0 aliphatic carbocycles. The second kappa shape index (κ2) is 5.37. The number of hydrogen-bond acceptors (Lipinski definition) is 3. The highest BCUT2D eigenvalue weighted by molar-refractivity contribution is 5.23. The molecule has 1 fully saturated rings. The van der Waals surface area contributed by atoms with E-state index in [0.717, 1.165) is 43.6 Å². The number of piperidine rings is 1. The summed E-state index contributed by atoms with van der Waals surface area (Å²) in [5.74, 6) is 0.692. The summed E-state index contributed by atoms with van der Waals surface area (Å²) in [5.41, 5.74) is 1.42. The minimum Gasteiger partial charge on any atom is -0.385 e. The highest BCUT2D eigenvalue weighted by Crippen LogP contribution is 2.32. The van der Waals surface area contributed by atoms with Gasteiger partial charge in [-0.05, 0) is 31.2 Å². The monoisotopic (exact) mass is 248 g/mol. The lowest BCUT2D eigenvalue weighted by molar-refractivity contribution is -0.0282. The van der Waals surface area contributed by atoms with Gasteiger partial charge in [-0.25, -0.2) is 0 Å². The largest absolute Gasteiger partial charge is 0.385 e. The predicted octanol–water partition coefficient (Wildman–Crippen LogP) is 2.33. The molecule has 3 nitrogen and oxygen atoms in total. The van der Waals surface area contributed by atoms with Crippen LogP contribution in [-0.4, -0.2) is 34.6 Å². The predicted molar refractivity (Wildman–Crippen MR) is 73.4 cm³/mol. The number of nitrogens with zero attached hydrogens (tertiary/aromatic N) is 2. The molecule has 100 valence electrons. The minimum atomic E-state index is -0.674. The number of likely N-dealkylation sites (tertiary alicyclic amines) is 1. The zero-order valence-corrected chi connectivity index (χ0v) is 11.7. The van der Waals surface area contributed by atoms with E-state index in [9.17, 15) is 5.11 Å². The van der Waals surface area contributed by atoms with Crippen molar-refractivity contribution in [1.82, 2.24) is 9.88 Å². The minimum absolute atomic E-state index is 0.674. The van der Waals surface area contributed by atoms with Crippen LogP contribution < -0.4 is 0 Å². The Labute approximate surface area is 110 Å². The van der Waals surface area contributed by atoms with Crippen molar-refractivity contribution in [1.29, 1.82) is 0 Å². The van der Waals surface area contributed by atoms with Gasteiger partial charge in [-0.2, -0.15) is 0 Å². The Bertz CT molecular complexity index is 395. The Morgan fingerprint density at radius 3 is 2.56 bits per heavy atom. The van der Waals surface area contributed by atoms with E-state index in [2.05, 4.69) is 29.8 Å². The Hall–Kier alpha value is -0.930. The SMILES string of the molecule is Cc1cncc(C2(O)CCN(CC(C)C)CC2)c1. The van der Waals surface area contributed by atoms with Crippen LogP contribution in [0.5, 0.6) is 0 Å². The van der Waals surface area contributed by atoms with Crippen LogP contribution in [0.15, 0.2) is 18.5 Å². The molecule has 1 aromatic heterocycles. The topological polar surface area (TPSA) is 36.4 Å². The third kappa shape index (κ3) is 3.09. The molecular weight excluding hydrogens is 224 g/mol.